The first kappa shape index (κ1) is 17.9. The molecule has 0 radical (unpaired) electrons. The van der Waals surface area contributed by atoms with Gasteiger partial charge in [-0.25, -0.2) is 4.98 Å². The van der Waals surface area contributed by atoms with Gasteiger partial charge in [0.15, 0.2) is 0 Å². The Kier molecular flexibility index (Phi) is 4.88. The van der Waals surface area contributed by atoms with Gasteiger partial charge in [0.25, 0.3) is 0 Å². The van der Waals surface area contributed by atoms with Crippen LogP contribution in [-0.2, 0) is 6.54 Å². The van der Waals surface area contributed by atoms with Crippen LogP contribution < -0.4 is 11.1 Å². The van der Waals surface area contributed by atoms with E-state index in [0.29, 0.717) is 17.0 Å². The van der Waals surface area contributed by atoms with Crippen LogP contribution in [0, 0.1) is 0 Å². The molecular formula is C21H24ClN3S2. The highest BCUT2D eigenvalue weighted by Crippen LogP contribution is 2.52. The van der Waals surface area contributed by atoms with E-state index in [4.69, 9.17) is 22.3 Å². The van der Waals surface area contributed by atoms with E-state index in [0.717, 1.165) is 24.2 Å². The number of rotatable bonds is 5. The second kappa shape index (κ2) is 7.36. The number of hydrogen-bond donors (Lipinski definition) is 2. The Hall–Kier alpha value is -1.14. The minimum Gasteiger partial charge on any atom is -0.379 e. The lowest BCUT2D eigenvalue weighted by Crippen LogP contribution is -2.31. The summed E-state index contributed by atoms with van der Waals surface area (Å²) in [5.41, 5.74) is 10.3. The average molecular weight is 418 g/mol. The van der Waals surface area contributed by atoms with E-state index in [1.54, 1.807) is 11.3 Å². The summed E-state index contributed by atoms with van der Waals surface area (Å²) in [6, 6.07) is 6.52. The number of halogens is 1. The van der Waals surface area contributed by atoms with Crippen LogP contribution in [0.1, 0.15) is 65.7 Å². The summed E-state index contributed by atoms with van der Waals surface area (Å²) in [5, 5.41) is 6.31. The summed E-state index contributed by atoms with van der Waals surface area (Å²) in [6.45, 7) is 0.821. The largest absolute Gasteiger partial charge is 0.379 e. The third kappa shape index (κ3) is 3.51. The first-order valence-corrected chi connectivity index (χ1v) is 11.9. The van der Waals surface area contributed by atoms with Crippen LogP contribution in [0.2, 0.25) is 5.15 Å². The van der Waals surface area contributed by atoms with Crippen molar-refractivity contribution < 1.29 is 0 Å². The summed E-state index contributed by atoms with van der Waals surface area (Å²) in [5.74, 6) is 1.14. The Morgan fingerprint density at radius 1 is 1.22 bits per heavy atom. The fraction of sp³-hybridized carbons (Fsp3) is 0.476. The van der Waals surface area contributed by atoms with Gasteiger partial charge in [0.2, 0.25) is 0 Å². The molecule has 3 aromatic rings. The monoisotopic (exact) mass is 417 g/mol. The highest BCUT2D eigenvalue weighted by atomic mass is 35.5. The van der Waals surface area contributed by atoms with Gasteiger partial charge in [0.05, 0.1) is 15.9 Å². The van der Waals surface area contributed by atoms with E-state index in [9.17, 15) is 0 Å². The van der Waals surface area contributed by atoms with Gasteiger partial charge >= 0.3 is 0 Å². The molecule has 3 heterocycles. The Labute approximate surface area is 173 Å². The molecule has 0 aromatic carbocycles. The van der Waals surface area contributed by atoms with E-state index in [1.165, 1.54) is 52.1 Å². The maximum atomic E-state index is 6.56. The van der Waals surface area contributed by atoms with Crippen molar-refractivity contribution in [3.8, 4) is 0 Å². The summed E-state index contributed by atoms with van der Waals surface area (Å²) in [6.07, 6.45) is 7.44. The zero-order valence-corrected chi connectivity index (χ0v) is 17.6. The Morgan fingerprint density at radius 3 is 2.81 bits per heavy atom. The predicted octanol–water partition coefficient (Wildman–Crippen LogP) is 6.49. The molecule has 0 spiro atoms. The van der Waals surface area contributed by atoms with Crippen molar-refractivity contribution in [2.24, 2.45) is 5.73 Å². The molecule has 0 aliphatic heterocycles. The number of aromatic nitrogens is 1. The standard InChI is InChI=1S/C21H24ClN3S2/c22-17-10-16(24-11-13-4-3-9-26-13)21-19(25-17)18(12-7-8-12)20(27-21)14-5-1-2-6-15(14)23/h3-4,9-10,12,14-15H,1-2,5-8,11,23H2,(H,24,25)/t14-,15-/m1/s1. The first-order valence-electron chi connectivity index (χ1n) is 9.85. The van der Waals surface area contributed by atoms with Crippen LogP contribution in [0.4, 0.5) is 5.69 Å². The normalized spacial score (nSPS) is 23.0. The molecule has 142 valence electrons. The Balaban J connectivity index is 1.58. The highest BCUT2D eigenvalue weighted by Gasteiger charge is 2.36. The number of pyridine rings is 1. The number of thiophene rings is 2. The third-order valence-corrected chi connectivity index (χ3v) is 8.28. The molecule has 5 rings (SSSR count). The smallest absolute Gasteiger partial charge is 0.131 e. The maximum absolute atomic E-state index is 6.56. The molecule has 27 heavy (non-hydrogen) atoms. The van der Waals surface area contributed by atoms with Gasteiger partial charge in [0.1, 0.15) is 5.15 Å². The number of hydrogen-bond acceptors (Lipinski definition) is 5. The van der Waals surface area contributed by atoms with Gasteiger partial charge in [0, 0.05) is 34.3 Å². The van der Waals surface area contributed by atoms with E-state index in [-0.39, 0.29) is 6.04 Å². The fourth-order valence-electron chi connectivity index (χ4n) is 4.32. The molecule has 0 bridgehead atoms. The molecule has 0 saturated heterocycles. The average Bonchev–Trinajstić information content (AvgIpc) is 3.22. The number of nitrogens with one attached hydrogen (secondary N) is 1. The minimum absolute atomic E-state index is 0.280. The lowest BCUT2D eigenvalue weighted by atomic mass is 9.82. The first-order chi connectivity index (χ1) is 13.2. The van der Waals surface area contributed by atoms with E-state index >= 15 is 0 Å². The molecule has 2 fully saturated rings. The summed E-state index contributed by atoms with van der Waals surface area (Å²) < 4.78 is 1.26. The van der Waals surface area contributed by atoms with Crippen molar-refractivity contribution >= 4 is 50.2 Å². The van der Waals surface area contributed by atoms with E-state index in [2.05, 4.69) is 22.8 Å². The third-order valence-electron chi connectivity index (χ3n) is 5.85. The van der Waals surface area contributed by atoms with Crippen LogP contribution in [-0.4, -0.2) is 11.0 Å². The molecular weight excluding hydrogens is 394 g/mol. The summed E-state index contributed by atoms with van der Waals surface area (Å²) in [4.78, 5) is 7.60. The molecule has 2 aliphatic carbocycles. The highest BCUT2D eigenvalue weighted by molar-refractivity contribution is 7.20. The van der Waals surface area contributed by atoms with Crippen molar-refractivity contribution in [3.05, 3.63) is 44.1 Å². The summed E-state index contributed by atoms with van der Waals surface area (Å²) >= 11 is 10.1. The fourth-order valence-corrected chi connectivity index (χ4v) is 6.69. The van der Waals surface area contributed by atoms with Crippen molar-refractivity contribution in [2.45, 2.75) is 62.9 Å². The number of nitrogens with zero attached hydrogens (tertiary/aromatic N) is 1. The van der Waals surface area contributed by atoms with Crippen LogP contribution >= 0.6 is 34.3 Å². The molecule has 2 aliphatic rings. The summed E-state index contributed by atoms with van der Waals surface area (Å²) in [7, 11) is 0. The maximum Gasteiger partial charge on any atom is 0.131 e. The molecule has 3 nitrogen and oxygen atoms in total. The molecule has 6 heteroatoms. The zero-order chi connectivity index (χ0) is 18.4. The second-order valence-electron chi connectivity index (χ2n) is 7.81. The predicted molar refractivity (Wildman–Crippen MR) is 117 cm³/mol. The topological polar surface area (TPSA) is 50.9 Å². The molecule has 3 N–H and O–H groups in total. The molecule has 2 saturated carbocycles. The zero-order valence-electron chi connectivity index (χ0n) is 15.2. The molecule has 3 aromatic heterocycles. The van der Waals surface area contributed by atoms with Crippen molar-refractivity contribution in [2.75, 3.05) is 5.32 Å². The number of fused-ring (bicyclic) bond motifs is 1. The molecule has 0 unspecified atom stereocenters. The van der Waals surface area contributed by atoms with Crippen LogP contribution in [0.5, 0.6) is 0 Å². The van der Waals surface area contributed by atoms with Gasteiger partial charge in [-0.1, -0.05) is 30.5 Å². The van der Waals surface area contributed by atoms with Gasteiger partial charge in [-0.05, 0) is 48.6 Å². The van der Waals surface area contributed by atoms with Gasteiger partial charge < -0.3 is 11.1 Å². The van der Waals surface area contributed by atoms with Crippen LogP contribution in [0.15, 0.2) is 23.6 Å². The van der Waals surface area contributed by atoms with Crippen molar-refractivity contribution in [3.63, 3.8) is 0 Å². The quantitative estimate of drug-likeness (QED) is 0.466. The van der Waals surface area contributed by atoms with E-state index in [1.807, 2.05) is 17.4 Å². The Morgan fingerprint density at radius 2 is 2.07 bits per heavy atom. The SMILES string of the molecule is N[C@@H]1CCCC[C@H]1c1sc2c(NCc3cccs3)cc(Cl)nc2c1C1CC1. The van der Waals surface area contributed by atoms with Gasteiger partial charge in [-0.15, -0.1) is 22.7 Å². The van der Waals surface area contributed by atoms with E-state index < -0.39 is 0 Å². The second-order valence-corrected chi connectivity index (χ2v) is 10.3. The minimum atomic E-state index is 0.280. The Bertz CT molecular complexity index is 946. The van der Waals surface area contributed by atoms with Crippen LogP contribution in [0.25, 0.3) is 10.2 Å². The van der Waals surface area contributed by atoms with Gasteiger partial charge in [-0.2, -0.15) is 0 Å². The lowest BCUT2D eigenvalue weighted by Gasteiger charge is -2.28. The lowest BCUT2D eigenvalue weighted by molar-refractivity contribution is 0.388. The number of anilines is 1. The molecule has 0 amide bonds. The van der Waals surface area contributed by atoms with Gasteiger partial charge in [-0.3, -0.25) is 0 Å². The van der Waals surface area contributed by atoms with Crippen molar-refractivity contribution in [1.29, 1.82) is 0 Å². The van der Waals surface area contributed by atoms with Crippen LogP contribution in [0.3, 0.4) is 0 Å². The molecule has 2 atom stereocenters. The van der Waals surface area contributed by atoms with Crippen molar-refractivity contribution in [1.82, 2.24) is 4.98 Å². The number of nitrogens with two attached hydrogens (primary N) is 1.